The van der Waals surface area contributed by atoms with Crippen molar-refractivity contribution in [2.24, 2.45) is 10.4 Å². The Hall–Kier alpha value is -1.71. The number of nitrogens with one attached hydrogen (secondary N) is 2. The second-order valence-electron chi connectivity index (χ2n) is 8.10. The van der Waals surface area contributed by atoms with Gasteiger partial charge in [-0.2, -0.15) is 0 Å². The van der Waals surface area contributed by atoms with Crippen LogP contribution in [0.25, 0.3) is 0 Å². The van der Waals surface area contributed by atoms with E-state index in [2.05, 4.69) is 23.6 Å². The van der Waals surface area contributed by atoms with Gasteiger partial charge in [0.15, 0.2) is 17.5 Å². The van der Waals surface area contributed by atoms with Crippen LogP contribution in [-0.2, 0) is 11.2 Å². The molecule has 2 N–H and O–H groups in total. The van der Waals surface area contributed by atoms with E-state index >= 15 is 0 Å². The molecular formula is C23H39IN4O3. The lowest BCUT2D eigenvalue weighted by Gasteiger charge is -2.29. The highest BCUT2D eigenvalue weighted by molar-refractivity contribution is 14.0. The molecule has 1 fully saturated rings. The van der Waals surface area contributed by atoms with Crippen molar-refractivity contribution in [2.75, 3.05) is 47.9 Å². The third-order valence-electron chi connectivity index (χ3n) is 5.69. The van der Waals surface area contributed by atoms with Gasteiger partial charge in [0.25, 0.3) is 0 Å². The van der Waals surface area contributed by atoms with Crippen molar-refractivity contribution < 1.29 is 14.3 Å². The van der Waals surface area contributed by atoms with Crippen LogP contribution in [0.3, 0.4) is 0 Å². The third-order valence-corrected chi connectivity index (χ3v) is 5.69. The van der Waals surface area contributed by atoms with Gasteiger partial charge in [0.05, 0.1) is 26.2 Å². The zero-order valence-corrected chi connectivity index (χ0v) is 22.0. The SMILES string of the molecule is CCNC(=NCC1(C(=O)N(C)C)CCCC1)NCCCc1ccc(OC)c(OC)c1.I. The van der Waals surface area contributed by atoms with Crippen molar-refractivity contribution in [1.82, 2.24) is 15.5 Å². The van der Waals surface area contributed by atoms with Gasteiger partial charge < -0.3 is 25.0 Å². The van der Waals surface area contributed by atoms with Crippen LogP contribution in [0.2, 0.25) is 0 Å². The number of aliphatic imine (C=N–C) groups is 1. The molecule has 0 radical (unpaired) electrons. The van der Waals surface area contributed by atoms with E-state index in [0.29, 0.717) is 6.54 Å². The molecule has 0 aromatic heterocycles. The fourth-order valence-corrected chi connectivity index (χ4v) is 4.07. The van der Waals surface area contributed by atoms with E-state index in [1.54, 1.807) is 19.1 Å². The van der Waals surface area contributed by atoms with Crippen LogP contribution in [0, 0.1) is 5.41 Å². The van der Waals surface area contributed by atoms with Crippen molar-refractivity contribution in [2.45, 2.75) is 45.4 Å². The van der Waals surface area contributed by atoms with Crippen molar-refractivity contribution in [1.29, 1.82) is 0 Å². The number of ether oxygens (including phenoxy) is 2. The molecule has 1 amide bonds. The number of carbonyl (C=O) groups is 1. The van der Waals surface area contributed by atoms with Crippen LogP contribution in [0.4, 0.5) is 0 Å². The van der Waals surface area contributed by atoms with E-state index in [4.69, 9.17) is 14.5 Å². The Labute approximate surface area is 204 Å². The summed E-state index contributed by atoms with van der Waals surface area (Å²) >= 11 is 0. The molecule has 1 aliphatic rings. The Balaban J connectivity index is 0.00000480. The number of hydrogen-bond donors (Lipinski definition) is 2. The highest BCUT2D eigenvalue weighted by atomic mass is 127. The summed E-state index contributed by atoms with van der Waals surface area (Å²) in [5.74, 6) is 2.48. The zero-order chi connectivity index (χ0) is 22.0. The molecule has 1 saturated carbocycles. The molecule has 31 heavy (non-hydrogen) atoms. The van der Waals surface area contributed by atoms with Crippen LogP contribution in [0.15, 0.2) is 23.2 Å². The summed E-state index contributed by atoms with van der Waals surface area (Å²) in [7, 11) is 6.97. The van der Waals surface area contributed by atoms with Crippen LogP contribution in [0.5, 0.6) is 11.5 Å². The minimum atomic E-state index is -0.342. The molecule has 176 valence electrons. The van der Waals surface area contributed by atoms with Gasteiger partial charge in [-0.15, -0.1) is 24.0 Å². The second-order valence-corrected chi connectivity index (χ2v) is 8.10. The number of methoxy groups -OCH3 is 2. The maximum atomic E-state index is 12.7. The molecule has 8 heteroatoms. The molecule has 0 saturated heterocycles. The number of halogens is 1. The molecule has 0 atom stereocenters. The minimum Gasteiger partial charge on any atom is -0.493 e. The Morgan fingerprint density at radius 1 is 1.13 bits per heavy atom. The van der Waals surface area contributed by atoms with Gasteiger partial charge in [-0.05, 0) is 50.3 Å². The molecular weight excluding hydrogens is 507 g/mol. The van der Waals surface area contributed by atoms with Crippen molar-refractivity contribution in [3.05, 3.63) is 23.8 Å². The van der Waals surface area contributed by atoms with E-state index in [0.717, 1.165) is 69.1 Å². The Bertz CT molecular complexity index is 719. The summed E-state index contributed by atoms with van der Waals surface area (Å²) in [6.07, 6.45) is 5.94. The van der Waals surface area contributed by atoms with Gasteiger partial charge in [-0.3, -0.25) is 9.79 Å². The molecule has 0 spiro atoms. The lowest BCUT2D eigenvalue weighted by atomic mass is 9.85. The molecule has 1 aliphatic carbocycles. The summed E-state index contributed by atoms with van der Waals surface area (Å²) in [5, 5.41) is 6.71. The third kappa shape index (κ3) is 7.73. The van der Waals surface area contributed by atoms with Crippen molar-refractivity contribution >= 4 is 35.8 Å². The monoisotopic (exact) mass is 546 g/mol. The first-order valence-corrected chi connectivity index (χ1v) is 10.9. The van der Waals surface area contributed by atoms with E-state index in [1.165, 1.54) is 5.56 Å². The van der Waals surface area contributed by atoms with E-state index in [9.17, 15) is 4.79 Å². The number of nitrogens with zero attached hydrogens (tertiary/aromatic N) is 2. The molecule has 0 unspecified atom stereocenters. The van der Waals surface area contributed by atoms with Crippen LogP contribution in [0.1, 0.15) is 44.6 Å². The number of benzene rings is 1. The number of carbonyl (C=O) groups excluding carboxylic acids is 1. The number of guanidine groups is 1. The number of aryl methyl sites for hydroxylation is 1. The first-order chi connectivity index (χ1) is 14.5. The molecule has 7 nitrogen and oxygen atoms in total. The van der Waals surface area contributed by atoms with Gasteiger partial charge in [0.2, 0.25) is 5.91 Å². The Kier molecular flexibility index (Phi) is 12.0. The predicted molar refractivity (Wildman–Crippen MR) is 137 cm³/mol. The summed E-state index contributed by atoms with van der Waals surface area (Å²) in [4.78, 5) is 19.2. The predicted octanol–water partition coefficient (Wildman–Crippen LogP) is 3.46. The quantitative estimate of drug-likeness (QED) is 0.204. The van der Waals surface area contributed by atoms with Crippen molar-refractivity contribution in [3.8, 4) is 11.5 Å². The maximum absolute atomic E-state index is 12.7. The minimum absolute atomic E-state index is 0. The summed E-state index contributed by atoms with van der Waals surface area (Å²) in [5.41, 5.74) is 0.865. The summed E-state index contributed by atoms with van der Waals surface area (Å²) in [6, 6.07) is 6.03. The highest BCUT2D eigenvalue weighted by Gasteiger charge is 2.42. The van der Waals surface area contributed by atoms with Gasteiger partial charge in [-0.1, -0.05) is 18.9 Å². The first kappa shape index (κ1) is 27.3. The van der Waals surface area contributed by atoms with E-state index < -0.39 is 0 Å². The standard InChI is InChI=1S/C23H38N4O3.HI/c1-6-24-22(26-17-23(13-7-8-14-23)21(28)27(2)3)25-15-9-10-18-11-12-19(29-4)20(16-18)30-5;/h11-12,16H,6-10,13-15,17H2,1-5H3,(H2,24,25,26);1H. The fourth-order valence-electron chi connectivity index (χ4n) is 4.07. The van der Waals surface area contributed by atoms with Gasteiger partial charge in [0.1, 0.15) is 0 Å². The molecule has 2 rings (SSSR count). The maximum Gasteiger partial charge on any atom is 0.230 e. The number of hydrogen-bond acceptors (Lipinski definition) is 4. The number of rotatable bonds is 10. The fraction of sp³-hybridized carbons (Fsp3) is 0.652. The average molecular weight is 546 g/mol. The Morgan fingerprint density at radius 2 is 1.81 bits per heavy atom. The van der Waals surface area contributed by atoms with E-state index in [-0.39, 0.29) is 35.3 Å². The van der Waals surface area contributed by atoms with E-state index in [1.807, 2.05) is 26.2 Å². The smallest absolute Gasteiger partial charge is 0.230 e. The summed E-state index contributed by atoms with van der Waals surface area (Å²) in [6.45, 7) is 4.18. The second kappa shape index (κ2) is 13.6. The molecule has 0 aliphatic heterocycles. The lowest BCUT2D eigenvalue weighted by Crippen LogP contribution is -2.43. The molecule has 0 heterocycles. The average Bonchev–Trinajstić information content (AvgIpc) is 3.24. The largest absolute Gasteiger partial charge is 0.493 e. The van der Waals surface area contributed by atoms with Crippen molar-refractivity contribution in [3.63, 3.8) is 0 Å². The molecule has 1 aromatic rings. The topological polar surface area (TPSA) is 75.2 Å². The Morgan fingerprint density at radius 3 is 2.39 bits per heavy atom. The summed E-state index contributed by atoms with van der Waals surface area (Å²) < 4.78 is 10.7. The lowest BCUT2D eigenvalue weighted by molar-refractivity contribution is -0.138. The van der Waals surface area contributed by atoms with Crippen LogP contribution < -0.4 is 20.1 Å². The normalized spacial score (nSPS) is 15.1. The number of amides is 1. The molecule has 0 bridgehead atoms. The van der Waals surface area contributed by atoms with Crippen LogP contribution in [-0.4, -0.2) is 64.7 Å². The highest BCUT2D eigenvalue weighted by Crippen LogP contribution is 2.39. The van der Waals surface area contributed by atoms with Gasteiger partial charge >= 0.3 is 0 Å². The molecule has 1 aromatic carbocycles. The zero-order valence-electron chi connectivity index (χ0n) is 19.6. The van der Waals surface area contributed by atoms with Gasteiger partial charge in [0, 0.05) is 27.2 Å². The first-order valence-electron chi connectivity index (χ1n) is 10.9. The van der Waals surface area contributed by atoms with Gasteiger partial charge in [-0.25, -0.2) is 0 Å². The van der Waals surface area contributed by atoms with Crippen LogP contribution >= 0.6 is 24.0 Å².